The monoisotopic (exact) mass is 444 g/mol. The Morgan fingerprint density at radius 3 is 2.50 bits per heavy atom. The zero-order valence-electron chi connectivity index (χ0n) is 15.6. The summed E-state index contributed by atoms with van der Waals surface area (Å²) < 4.78 is 30.7. The molecule has 0 aliphatic carbocycles. The van der Waals surface area contributed by atoms with Gasteiger partial charge in [-0.15, -0.1) is 0 Å². The summed E-state index contributed by atoms with van der Waals surface area (Å²) in [6, 6.07) is 12.0. The highest BCUT2D eigenvalue weighted by molar-refractivity contribution is 7.92. The van der Waals surface area contributed by atoms with Crippen LogP contribution in [0, 0.1) is 0 Å². The van der Waals surface area contributed by atoms with Crippen LogP contribution in [0.4, 0.5) is 5.69 Å². The second-order valence-electron chi connectivity index (χ2n) is 6.13. The molecule has 2 aromatic rings. The highest BCUT2D eigenvalue weighted by Crippen LogP contribution is 2.28. The molecule has 0 bridgehead atoms. The molecule has 0 heterocycles. The number of hydrogen-bond acceptors (Lipinski definition) is 4. The van der Waals surface area contributed by atoms with Crippen molar-refractivity contribution >= 4 is 44.8 Å². The number of methoxy groups -OCH3 is 1. The smallest absolute Gasteiger partial charge is 0.232 e. The molecule has 1 N–H and O–H groups in total. The second kappa shape index (κ2) is 10.0. The first-order valence-corrected chi connectivity index (χ1v) is 11.1. The number of para-hydroxylation sites is 1. The third-order valence-corrected chi connectivity index (χ3v) is 5.96. The molecule has 2 rings (SSSR count). The van der Waals surface area contributed by atoms with Crippen molar-refractivity contribution in [1.82, 2.24) is 5.32 Å². The van der Waals surface area contributed by atoms with Gasteiger partial charge in [-0.2, -0.15) is 0 Å². The van der Waals surface area contributed by atoms with Crippen molar-refractivity contribution in [3.63, 3.8) is 0 Å². The summed E-state index contributed by atoms with van der Waals surface area (Å²) in [5.74, 6) is 0.527. The Balaban J connectivity index is 1.93. The van der Waals surface area contributed by atoms with Gasteiger partial charge in [0.1, 0.15) is 5.75 Å². The summed E-state index contributed by atoms with van der Waals surface area (Å²) in [6.07, 6.45) is 1.64. The number of carbonyl (C=O) groups is 1. The minimum Gasteiger partial charge on any atom is -0.496 e. The first-order chi connectivity index (χ1) is 13.2. The van der Waals surface area contributed by atoms with E-state index in [-0.39, 0.29) is 23.9 Å². The van der Waals surface area contributed by atoms with Crippen LogP contribution < -0.4 is 14.4 Å². The van der Waals surface area contributed by atoms with E-state index in [1.54, 1.807) is 13.2 Å². The van der Waals surface area contributed by atoms with Crippen LogP contribution >= 0.6 is 23.2 Å². The van der Waals surface area contributed by atoms with Crippen LogP contribution in [0.1, 0.15) is 18.4 Å². The predicted molar refractivity (Wildman–Crippen MR) is 113 cm³/mol. The first-order valence-electron chi connectivity index (χ1n) is 8.53. The van der Waals surface area contributed by atoms with Gasteiger partial charge in [0.2, 0.25) is 15.9 Å². The average molecular weight is 445 g/mol. The van der Waals surface area contributed by atoms with Crippen molar-refractivity contribution in [2.24, 2.45) is 0 Å². The number of rotatable bonds is 9. The molecule has 0 aliphatic heterocycles. The summed E-state index contributed by atoms with van der Waals surface area (Å²) in [5, 5.41) is 3.43. The zero-order chi connectivity index (χ0) is 20.7. The van der Waals surface area contributed by atoms with Gasteiger partial charge < -0.3 is 10.1 Å². The van der Waals surface area contributed by atoms with E-state index in [9.17, 15) is 13.2 Å². The molecule has 9 heteroatoms. The van der Waals surface area contributed by atoms with Crippen molar-refractivity contribution in [3.8, 4) is 5.75 Å². The molecule has 0 saturated carbocycles. The Labute approximate surface area is 175 Å². The molecule has 1 amide bonds. The highest BCUT2D eigenvalue weighted by atomic mass is 35.5. The third kappa shape index (κ3) is 6.29. The zero-order valence-corrected chi connectivity index (χ0v) is 17.9. The number of nitrogens with zero attached hydrogens (tertiary/aromatic N) is 1. The summed E-state index contributed by atoms with van der Waals surface area (Å²) in [5.41, 5.74) is 1.28. The predicted octanol–water partition coefficient (Wildman–Crippen LogP) is 3.86. The van der Waals surface area contributed by atoms with Crippen molar-refractivity contribution < 1.29 is 17.9 Å². The number of hydrogen-bond donors (Lipinski definition) is 1. The molecular weight excluding hydrogens is 423 g/mol. The SMILES string of the molecule is COc1ccccc1CNC(=O)CCCN(c1ccc(Cl)c(Cl)c1)S(C)(=O)=O. The van der Waals surface area contributed by atoms with E-state index in [4.69, 9.17) is 27.9 Å². The van der Waals surface area contributed by atoms with Gasteiger partial charge in [0, 0.05) is 25.1 Å². The Morgan fingerprint density at radius 2 is 1.86 bits per heavy atom. The maximum atomic E-state index is 12.1. The van der Waals surface area contributed by atoms with E-state index in [0.29, 0.717) is 29.4 Å². The molecule has 6 nitrogen and oxygen atoms in total. The van der Waals surface area contributed by atoms with Gasteiger partial charge in [0.15, 0.2) is 0 Å². The van der Waals surface area contributed by atoms with E-state index < -0.39 is 10.0 Å². The molecule has 0 fully saturated rings. The fourth-order valence-corrected chi connectivity index (χ4v) is 3.89. The minimum absolute atomic E-state index is 0.152. The quantitative estimate of drug-likeness (QED) is 0.636. The van der Waals surface area contributed by atoms with Crippen molar-refractivity contribution in [1.29, 1.82) is 0 Å². The summed E-state index contributed by atoms with van der Waals surface area (Å²) in [6.45, 7) is 0.490. The molecule has 152 valence electrons. The van der Waals surface area contributed by atoms with Crippen LogP contribution in [0.3, 0.4) is 0 Å². The van der Waals surface area contributed by atoms with Crippen LogP contribution in [-0.4, -0.2) is 34.2 Å². The average Bonchev–Trinajstić information content (AvgIpc) is 2.65. The van der Waals surface area contributed by atoms with Crippen molar-refractivity contribution in [2.75, 3.05) is 24.2 Å². The summed E-state index contributed by atoms with van der Waals surface area (Å²) >= 11 is 11.9. The van der Waals surface area contributed by atoms with Gasteiger partial charge >= 0.3 is 0 Å². The number of halogens is 2. The van der Waals surface area contributed by atoms with Gasteiger partial charge in [0.25, 0.3) is 0 Å². The van der Waals surface area contributed by atoms with E-state index in [0.717, 1.165) is 11.8 Å². The van der Waals surface area contributed by atoms with Crippen LogP contribution in [-0.2, 0) is 21.4 Å². The number of anilines is 1. The molecule has 0 unspecified atom stereocenters. The van der Waals surface area contributed by atoms with Crippen LogP contribution in [0.15, 0.2) is 42.5 Å². The van der Waals surface area contributed by atoms with Crippen molar-refractivity contribution in [3.05, 3.63) is 58.1 Å². The molecular formula is C19H22Cl2N2O4S. The number of sulfonamides is 1. The Morgan fingerprint density at radius 1 is 1.14 bits per heavy atom. The number of benzene rings is 2. The molecule has 0 spiro atoms. The standard InChI is InChI=1S/C19H22Cl2N2O4S/c1-27-18-7-4-3-6-14(18)13-22-19(24)8-5-11-23(28(2,25)26)15-9-10-16(20)17(21)12-15/h3-4,6-7,9-10,12H,5,8,11,13H2,1-2H3,(H,22,24). The molecule has 0 aromatic heterocycles. The highest BCUT2D eigenvalue weighted by Gasteiger charge is 2.18. The van der Waals surface area contributed by atoms with Gasteiger partial charge in [0.05, 0.1) is 29.1 Å². The fourth-order valence-electron chi connectivity index (χ4n) is 2.64. The minimum atomic E-state index is -3.53. The summed E-state index contributed by atoms with van der Waals surface area (Å²) in [4.78, 5) is 12.1. The van der Waals surface area contributed by atoms with Crippen LogP contribution in [0.2, 0.25) is 10.0 Å². The molecule has 0 atom stereocenters. The van der Waals surface area contributed by atoms with Gasteiger partial charge in [-0.1, -0.05) is 41.4 Å². The lowest BCUT2D eigenvalue weighted by Crippen LogP contribution is -2.32. The van der Waals surface area contributed by atoms with Gasteiger partial charge in [-0.25, -0.2) is 8.42 Å². The molecule has 2 aromatic carbocycles. The normalized spacial score (nSPS) is 11.1. The Bertz CT molecular complexity index is 935. The Kier molecular flexibility index (Phi) is 7.98. The second-order valence-corrected chi connectivity index (χ2v) is 8.85. The van der Waals surface area contributed by atoms with Gasteiger partial charge in [-0.3, -0.25) is 9.10 Å². The van der Waals surface area contributed by atoms with E-state index >= 15 is 0 Å². The lowest BCUT2D eigenvalue weighted by atomic mass is 10.2. The van der Waals surface area contributed by atoms with E-state index in [2.05, 4.69) is 5.32 Å². The third-order valence-electron chi connectivity index (χ3n) is 4.03. The van der Waals surface area contributed by atoms with Crippen LogP contribution in [0.25, 0.3) is 0 Å². The fraction of sp³-hybridized carbons (Fsp3) is 0.316. The maximum absolute atomic E-state index is 12.1. The largest absolute Gasteiger partial charge is 0.496 e. The van der Waals surface area contributed by atoms with E-state index in [1.807, 2.05) is 24.3 Å². The first kappa shape index (κ1) is 22.3. The summed E-state index contributed by atoms with van der Waals surface area (Å²) in [7, 11) is -1.95. The number of ether oxygens (including phenoxy) is 1. The molecule has 0 radical (unpaired) electrons. The molecule has 0 saturated heterocycles. The van der Waals surface area contributed by atoms with Gasteiger partial charge in [-0.05, 0) is 30.7 Å². The van der Waals surface area contributed by atoms with Crippen LogP contribution in [0.5, 0.6) is 5.75 Å². The number of carbonyl (C=O) groups excluding carboxylic acids is 1. The lowest BCUT2D eigenvalue weighted by Gasteiger charge is -2.22. The topological polar surface area (TPSA) is 75.7 Å². The molecule has 0 aliphatic rings. The number of amides is 1. The molecule has 28 heavy (non-hydrogen) atoms. The lowest BCUT2D eigenvalue weighted by molar-refractivity contribution is -0.121. The Hall–Kier alpha value is -1.96. The maximum Gasteiger partial charge on any atom is 0.232 e. The van der Waals surface area contributed by atoms with E-state index in [1.165, 1.54) is 16.4 Å². The number of nitrogens with one attached hydrogen (secondary N) is 1. The van der Waals surface area contributed by atoms with Crippen molar-refractivity contribution in [2.45, 2.75) is 19.4 Å².